The van der Waals surface area contributed by atoms with Crippen LogP contribution < -0.4 is 21.5 Å². The SMILES string of the molecule is C[C@H](Nc1cc(C(N)=O)nc(Oc2ccc(CF)cc2-c2ccnnc2)n1)C(N)=O. The Labute approximate surface area is 170 Å². The maximum Gasteiger partial charge on any atom is 0.324 e. The van der Waals surface area contributed by atoms with Crippen molar-refractivity contribution in [1.29, 1.82) is 0 Å². The smallest absolute Gasteiger partial charge is 0.324 e. The first-order valence-electron chi connectivity index (χ1n) is 8.76. The molecule has 11 heteroatoms. The molecule has 1 aromatic carbocycles. The highest BCUT2D eigenvalue weighted by Crippen LogP contribution is 2.33. The van der Waals surface area contributed by atoms with Gasteiger partial charge in [0, 0.05) is 17.2 Å². The van der Waals surface area contributed by atoms with E-state index in [0.29, 0.717) is 16.7 Å². The lowest BCUT2D eigenvalue weighted by Crippen LogP contribution is -2.33. The van der Waals surface area contributed by atoms with Gasteiger partial charge in [-0.1, -0.05) is 6.07 Å². The summed E-state index contributed by atoms with van der Waals surface area (Å²) >= 11 is 0. The summed E-state index contributed by atoms with van der Waals surface area (Å²) in [7, 11) is 0. The Morgan fingerprint density at radius 2 is 1.97 bits per heavy atom. The molecule has 0 spiro atoms. The van der Waals surface area contributed by atoms with Crippen molar-refractivity contribution in [3.05, 3.63) is 54.0 Å². The molecule has 30 heavy (non-hydrogen) atoms. The Morgan fingerprint density at radius 3 is 2.60 bits per heavy atom. The first kappa shape index (κ1) is 20.6. The average molecular weight is 411 g/mol. The normalized spacial score (nSPS) is 11.5. The second-order valence-electron chi connectivity index (χ2n) is 6.25. The van der Waals surface area contributed by atoms with Crippen molar-refractivity contribution in [3.63, 3.8) is 0 Å². The molecule has 0 unspecified atom stereocenters. The summed E-state index contributed by atoms with van der Waals surface area (Å²) < 4.78 is 19.0. The Balaban J connectivity index is 2.02. The Hall–Kier alpha value is -4.15. The Kier molecular flexibility index (Phi) is 6.11. The molecule has 0 saturated heterocycles. The number of halogens is 1. The molecular formula is C19H18FN7O3. The molecule has 0 aliphatic rings. The van der Waals surface area contributed by atoms with Gasteiger partial charge in [0.1, 0.15) is 30.0 Å². The molecule has 1 atom stereocenters. The third kappa shape index (κ3) is 4.82. The summed E-state index contributed by atoms with van der Waals surface area (Å²) in [4.78, 5) is 31.1. The van der Waals surface area contributed by atoms with Crippen molar-refractivity contribution >= 4 is 17.6 Å². The van der Waals surface area contributed by atoms with E-state index in [2.05, 4.69) is 25.5 Å². The van der Waals surface area contributed by atoms with Crippen LogP contribution in [-0.4, -0.2) is 38.0 Å². The number of nitrogens with one attached hydrogen (secondary N) is 1. The summed E-state index contributed by atoms with van der Waals surface area (Å²) in [6, 6.07) is 6.66. The largest absolute Gasteiger partial charge is 0.424 e. The topological polar surface area (TPSA) is 159 Å². The molecule has 5 N–H and O–H groups in total. The van der Waals surface area contributed by atoms with Gasteiger partial charge in [-0.3, -0.25) is 9.59 Å². The fourth-order valence-electron chi connectivity index (χ4n) is 2.49. The highest BCUT2D eigenvalue weighted by atomic mass is 19.1. The van der Waals surface area contributed by atoms with Gasteiger partial charge in [-0.25, -0.2) is 4.39 Å². The zero-order valence-corrected chi connectivity index (χ0v) is 15.9. The number of carbonyl (C=O) groups excluding carboxylic acids is 2. The maximum absolute atomic E-state index is 13.2. The van der Waals surface area contributed by atoms with Gasteiger partial charge < -0.3 is 21.5 Å². The number of hydrogen-bond acceptors (Lipinski definition) is 8. The molecule has 0 bridgehead atoms. The van der Waals surface area contributed by atoms with Crippen LogP contribution >= 0.6 is 0 Å². The van der Waals surface area contributed by atoms with Crippen LogP contribution in [0.1, 0.15) is 23.0 Å². The Bertz CT molecular complexity index is 1080. The van der Waals surface area contributed by atoms with Gasteiger partial charge in [0.15, 0.2) is 0 Å². The molecule has 0 aliphatic heterocycles. The summed E-state index contributed by atoms with van der Waals surface area (Å²) in [6.07, 6.45) is 2.98. The summed E-state index contributed by atoms with van der Waals surface area (Å²) in [5, 5.41) is 10.3. The van der Waals surface area contributed by atoms with Crippen LogP contribution in [0.4, 0.5) is 10.2 Å². The molecule has 2 amide bonds. The van der Waals surface area contributed by atoms with Gasteiger partial charge in [0.25, 0.3) is 5.91 Å². The molecule has 0 radical (unpaired) electrons. The number of ether oxygens (including phenoxy) is 1. The first-order valence-corrected chi connectivity index (χ1v) is 8.76. The number of benzene rings is 1. The lowest BCUT2D eigenvalue weighted by Gasteiger charge is -2.14. The van der Waals surface area contributed by atoms with Crippen LogP contribution in [0, 0.1) is 0 Å². The van der Waals surface area contributed by atoms with E-state index in [1.54, 1.807) is 24.3 Å². The van der Waals surface area contributed by atoms with Crippen molar-refractivity contribution in [2.24, 2.45) is 11.5 Å². The lowest BCUT2D eigenvalue weighted by molar-refractivity contribution is -0.118. The number of aromatic nitrogens is 4. The second-order valence-corrected chi connectivity index (χ2v) is 6.25. The van der Waals surface area contributed by atoms with E-state index < -0.39 is 24.5 Å². The van der Waals surface area contributed by atoms with Crippen LogP contribution in [0.3, 0.4) is 0 Å². The number of amides is 2. The maximum atomic E-state index is 13.2. The van der Waals surface area contributed by atoms with Gasteiger partial charge in [-0.2, -0.15) is 20.2 Å². The minimum atomic E-state index is -0.816. The van der Waals surface area contributed by atoms with Crippen molar-refractivity contribution < 1.29 is 18.7 Å². The molecule has 2 aromatic heterocycles. The molecule has 0 fully saturated rings. The monoisotopic (exact) mass is 411 g/mol. The molecule has 2 heterocycles. The zero-order chi connectivity index (χ0) is 21.7. The van der Waals surface area contributed by atoms with Crippen LogP contribution in [-0.2, 0) is 11.5 Å². The third-order valence-corrected chi connectivity index (χ3v) is 4.04. The standard InChI is InChI=1S/C19H18FN7O3/c1-10(17(21)28)25-16-7-14(18(22)29)26-19(27-16)30-15-3-2-11(8-20)6-13(15)12-4-5-23-24-9-12/h2-7,9-10H,8H2,1H3,(H2,21,28)(H2,22,29)(H,25,26,27)/t10-/m0/s1. The van der Waals surface area contributed by atoms with Crippen molar-refractivity contribution in [3.8, 4) is 22.9 Å². The highest BCUT2D eigenvalue weighted by molar-refractivity contribution is 5.91. The van der Waals surface area contributed by atoms with Crippen molar-refractivity contribution in [2.75, 3.05) is 5.32 Å². The van der Waals surface area contributed by atoms with Crippen molar-refractivity contribution in [2.45, 2.75) is 19.6 Å². The van der Waals surface area contributed by atoms with Gasteiger partial charge in [-0.05, 0) is 30.7 Å². The molecule has 10 nitrogen and oxygen atoms in total. The minimum absolute atomic E-state index is 0.118. The number of rotatable bonds is 8. The third-order valence-electron chi connectivity index (χ3n) is 4.04. The predicted octanol–water partition coefficient (Wildman–Crippen LogP) is 1.58. The summed E-state index contributed by atoms with van der Waals surface area (Å²) in [6.45, 7) is 0.859. The van der Waals surface area contributed by atoms with Crippen LogP contribution in [0.5, 0.6) is 11.8 Å². The quantitative estimate of drug-likeness (QED) is 0.504. The molecular weight excluding hydrogens is 393 g/mol. The number of nitrogens with zero attached hydrogens (tertiary/aromatic N) is 4. The molecule has 3 aromatic rings. The molecule has 0 aliphatic carbocycles. The van der Waals surface area contributed by atoms with E-state index in [0.717, 1.165) is 0 Å². The summed E-state index contributed by atoms with van der Waals surface area (Å²) in [5.74, 6) is -1.03. The van der Waals surface area contributed by atoms with Gasteiger partial charge in [-0.15, -0.1) is 0 Å². The number of carbonyl (C=O) groups is 2. The first-order chi connectivity index (χ1) is 14.4. The van der Waals surface area contributed by atoms with Gasteiger partial charge in [0.05, 0.1) is 12.4 Å². The minimum Gasteiger partial charge on any atom is -0.424 e. The second kappa shape index (κ2) is 8.90. The van der Waals surface area contributed by atoms with Gasteiger partial charge in [0.2, 0.25) is 5.91 Å². The Morgan fingerprint density at radius 1 is 1.17 bits per heavy atom. The number of anilines is 1. The number of alkyl halides is 1. The number of nitrogens with two attached hydrogens (primary N) is 2. The predicted molar refractivity (Wildman–Crippen MR) is 105 cm³/mol. The summed E-state index contributed by atoms with van der Waals surface area (Å²) in [5.41, 5.74) is 12.0. The average Bonchev–Trinajstić information content (AvgIpc) is 2.74. The van der Waals surface area contributed by atoms with Gasteiger partial charge >= 0.3 is 6.01 Å². The number of hydrogen-bond donors (Lipinski definition) is 3. The molecule has 154 valence electrons. The van der Waals surface area contributed by atoms with Crippen LogP contribution in [0.15, 0.2) is 42.7 Å². The van der Waals surface area contributed by atoms with E-state index in [1.165, 1.54) is 25.4 Å². The zero-order valence-electron chi connectivity index (χ0n) is 15.9. The fraction of sp³-hybridized carbons (Fsp3) is 0.158. The fourth-order valence-corrected chi connectivity index (χ4v) is 2.49. The van der Waals surface area contributed by atoms with Crippen LogP contribution in [0.25, 0.3) is 11.1 Å². The van der Waals surface area contributed by atoms with E-state index in [9.17, 15) is 14.0 Å². The van der Waals surface area contributed by atoms with E-state index in [4.69, 9.17) is 16.2 Å². The lowest BCUT2D eigenvalue weighted by atomic mass is 10.0. The molecule has 0 saturated carbocycles. The van der Waals surface area contributed by atoms with E-state index in [1.807, 2.05) is 0 Å². The number of primary amides is 2. The van der Waals surface area contributed by atoms with Crippen LogP contribution in [0.2, 0.25) is 0 Å². The highest BCUT2D eigenvalue weighted by Gasteiger charge is 2.16. The van der Waals surface area contributed by atoms with E-state index in [-0.39, 0.29) is 23.3 Å². The van der Waals surface area contributed by atoms with Crippen molar-refractivity contribution in [1.82, 2.24) is 20.2 Å². The molecule has 3 rings (SSSR count). The van der Waals surface area contributed by atoms with E-state index >= 15 is 0 Å².